The molecule has 1 aromatic rings. The SMILES string of the molecule is C1=CN2CN=CC=C2c2ccccc21. The van der Waals surface area contributed by atoms with Gasteiger partial charge in [-0.05, 0) is 17.7 Å². The highest BCUT2D eigenvalue weighted by atomic mass is 15.2. The van der Waals surface area contributed by atoms with E-state index in [0.717, 1.165) is 6.67 Å². The van der Waals surface area contributed by atoms with E-state index in [1.807, 2.05) is 6.21 Å². The summed E-state index contributed by atoms with van der Waals surface area (Å²) in [4.78, 5) is 6.36. The number of hydrogen-bond acceptors (Lipinski definition) is 2. The Bertz CT molecular complexity index is 455. The maximum absolute atomic E-state index is 4.21. The molecule has 3 rings (SSSR count). The highest BCUT2D eigenvalue weighted by Gasteiger charge is 2.16. The average Bonchev–Trinajstić information content (AvgIpc) is 2.29. The molecule has 2 aliphatic heterocycles. The lowest BCUT2D eigenvalue weighted by Gasteiger charge is -2.28. The highest BCUT2D eigenvalue weighted by Crippen LogP contribution is 2.29. The van der Waals surface area contributed by atoms with Gasteiger partial charge in [-0.1, -0.05) is 24.3 Å². The molecule has 0 N–H and O–H groups in total. The summed E-state index contributed by atoms with van der Waals surface area (Å²) < 4.78 is 0. The van der Waals surface area contributed by atoms with E-state index in [2.05, 4.69) is 52.5 Å². The minimum absolute atomic E-state index is 0.733. The Morgan fingerprint density at radius 1 is 1.21 bits per heavy atom. The van der Waals surface area contributed by atoms with Crippen molar-refractivity contribution in [2.75, 3.05) is 6.67 Å². The predicted molar refractivity (Wildman–Crippen MR) is 58.7 cm³/mol. The predicted octanol–water partition coefficient (Wildman–Crippen LogP) is 2.36. The van der Waals surface area contributed by atoms with Gasteiger partial charge in [-0.25, -0.2) is 0 Å². The van der Waals surface area contributed by atoms with Crippen LogP contribution in [0, 0.1) is 0 Å². The van der Waals surface area contributed by atoms with Gasteiger partial charge in [0.1, 0.15) is 6.67 Å². The molecule has 14 heavy (non-hydrogen) atoms. The normalized spacial score (nSPS) is 17.4. The summed E-state index contributed by atoms with van der Waals surface area (Å²) in [7, 11) is 0. The summed E-state index contributed by atoms with van der Waals surface area (Å²) in [5, 5.41) is 0. The fourth-order valence-electron chi connectivity index (χ4n) is 1.85. The largest absolute Gasteiger partial charge is 0.327 e. The molecular weight excluding hydrogens is 172 g/mol. The number of aliphatic imine (C=N–C) groups is 1. The van der Waals surface area contributed by atoms with E-state index >= 15 is 0 Å². The summed E-state index contributed by atoms with van der Waals surface area (Å²) in [6.45, 7) is 0.733. The van der Waals surface area contributed by atoms with Gasteiger partial charge in [-0.3, -0.25) is 4.99 Å². The van der Waals surface area contributed by atoms with Gasteiger partial charge in [0.05, 0.1) is 5.70 Å². The molecule has 0 amide bonds. The number of allylic oxidation sites excluding steroid dienone is 1. The van der Waals surface area contributed by atoms with Crippen molar-refractivity contribution in [1.29, 1.82) is 0 Å². The molecule has 0 fully saturated rings. The van der Waals surface area contributed by atoms with Gasteiger partial charge >= 0.3 is 0 Å². The quantitative estimate of drug-likeness (QED) is 0.601. The highest BCUT2D eigenvalue weighted by molar-refractivity contribution is 5.89. The van der Waals surface area contributed by atoms with Gasteiger partial charge < -0.3 is 4.90 Å². The molecule has 0 aliphatic carbocycles. The third-order valence-electron chi connectivity index (χ3n) is 2.55. The Kier molecular flexibility index (Phi) is 1.53. The van der Waals surface area contributed by atoms with E-state index in [4.69, 9.17) is 0 Å². The van der Waals surface area contributed by atoms with Crippen molar-refractivity contribution in [3.8, 4) is 0 Å². The first-order chi connectivity index (χ1) is 6.95. The molecule has 0 spiro atoms. The second-order valence-electron chi connectivity index (χ2n) is 3.40. The first-order valence-electron chi connectivity index (χ1n) is 4.69. The molecular formula is C12H10N2. The molecule has 2 heteroatoms. The topological polar surface area (TPSA) is 15.6 Å². The van der Waals surface area contributed by atoms with E-state index in [1.165, 1.54) is 16.8 Å². The van der Waals surface area contributed by atoms with Crippen LogP contribution in [-0.2, 0) is 0 Å². The summed E-state index contributed by atoms with van der Waals surface area (Å²) in [5.74, 6) is 0. The molecule has 0 aromatic heterocycles. The van der Waals surface area contributed by atoms with Crippen LogP contribution in [0.5, 0.6) is 0 Å². The van der Waals surface area contributed by atoms with Crippen molar-refractivity contribution in [2.45, 2.75) is 0 Å². The van der Waals surface area contributed by atoms with E-state index in [9.17, 15) is 0 Å². The maximum Gasteiger partial charge on any atom is 0.114 e. The van der Waals surface area contributed by atoms with Crippen LogP contribution in [0.15, 0.2) is 41.5 Å². The summed E-state index contributed by atoms with van der Waals surface area (Å²) in [6.07, 6.45) is 8.16. The first kappa shape index (κ1) is 7.56. The van der Waals surface area contributed by atoms with Crippen molar-refractivity contribution in [3.05, 3.63) is 47.7 Å². The van der Waals surface area contributed by atoms with Crippen LogP contribution in [0.4, 0.5) is 0 Å². The molecule has 1 aromatic carbocycles. The summed E-state index contributed by atoms with van der Waals surface area (Å²) in [6, 6.07) is 8.42. The van der Waals surface area contributed by atoms with Crippen molar-refractivity contribution < 1.29 is 0 Å². The Balaban J connectivity index is 2.22. The van der Waals surface area contributed by atoms with Gasteiger partial charge in [-0.15, -0.1) is 0 Å². The molecule has 0 radical (unpaired) electrons. The monoisotopic (exact) mass is 182 g/mol. The fourth-order valence-corrected chi connectivity index (χ4v) is 1.85. The molecule has 0 saturated heterocycles. The minimum Gasteiger partial charge on any atom is -0.327 e. The van der Waals surface area contributed by atoms with Crippen molar-refractivity contribution in [2.24, 2.45) is 4.99 Å². The van der Waals surface area contributed by atoms with Gasteiger partial charge in [-0.2, -0.15) is 0 Å². The number of benzene rings is 1. The lowest BCUT2D eigenvalue weighted by molar-refractivity contribution is 0.545. The molecule has 0 atom stereocenters. The molecule has 0 bridgehead atoms. The van der Waals surface area contributed by atoms with E-state index < -0.39 is 0 Å². The van der Waals surface area contributed by atoms with Crippen LogP contribution in [0.1, 0.15) is 11.1 Å². The van der Waals surface area contributed by atoms with Crippen molar-refractivity contribution >= 4 is 18.0 Å². The smallest absolute Gasteiger partial charge is 0.114 e. The zero-order chi connectivity index (χ0) is 9.38. The van der Waals surface area contributed by atoms with Crippen LogP contribution in [0.3, 0.4) is 0 Å². The van der Waals surface area contributed by atoms with Gasteiger partial charge in [0.25, 0.3) is 0 Å². The molecule has 2 nitrogen and oxygen atoms in total. The lowest BCUT2D eigenvalue weighted by Crippen LogP contribution is -2.21. The Morgan fingerprint density at radius 2 is 2.14 bits per heavy atom. The zero-order valence-corrected chi connectivity index (χ0v) is 7.72. The number of hydrogen-bond donors (Lipinski definition) is 0. The Hall–Kier alpha value is -1.83. The van der Waals surface area contributed by atoms with E-state index in [1.54, 1.807) is 0 Å². The third-order valence-corrected chi connectivity index (χ3v) is 2.55. The number of fused-ring (bicyclic) bond motifs is 3. The standard InChI is InChI=1S/C12H10N2/c1-2-4-11-10(3-1)6-8-14-9-13-7-5-12(11)14/h1-8H,9H2. The second kappa shape index (κ2) is 2.84. The maximum atomic E-state index is 4.21. The average molecular weight is 182 g/mol. The van der Waals surface area contributed by atoms with Gasteiger partial charge in [0.15, 0.2) is 0 Å². The van der Waals surface area contributed by atoms with Gasteiger partial charge in [0.2, 0.25) is 0 Å². The summed E-state index contributed by atoms with van der Waals surface area (Å²) >= 11 is 0. The molecule has 2 heterocycles. The van der Waals surface area contributed by atoms with E-state index in [0.29, 0.717) is 0 Å². The Labute approximate surface area is 82.9 Å². The van der Waals surface area contributed by atoms with E-state index in [-0.39, 0.29) is 0 Å². The van der Waals surface area contributed by atoms with Crippen molar-refractivity contribution in [1.82, 2.24) is 4.90 Å². The van der Waals surface area contributed by atoms with Gasteiger partial charge in [0, 0.05) is 18.0 Å². The molecule has 0 unspecified atom stereocenters. The zero-order valence-electron chi connectivity index (χ0n) is 7.72. The third kappa shape index (κ3) is 1.01. The van der Waals surface area contributed by atoms with Crippen LogP contribution in [0.2, 0.25) is 0 Å². The van der Waals surface area contributed by atoms with Crippen LogP contribution < -0.4 is 0 Å². The lowest BCUT2D eigenvalue weighted by atomic mass is 10.0. The second-order valence-corrected chi connectivity index (χ2v) is 3.40. The molecule has 0 saturated carbocycles. The summed E-state index contributed by atoms with van der Waals surface area (Å²) in [5.41, 5.74) is 3.82. The van der Waals surface area contributed by atoms with Crippen LogP contribution in [0.25, 0.3) is 11.8 Å². The fraction of sp³-hybridized carbons (Fsp3) is 0.0833. The number of rotatable bonds is 0. The van der Waals surface area contributed by atoms with Crippen LogP contribution >= 0.6 is 0 Å². The minimum atomic E-state index is 0.733. The van der Waals surface area contributed by atoms with Crippen LogP contribution in [-0.4, -0.2) is 17.8 Å². The number of nitrogens with zero attached hydrogens (tertiary/aromatic N) is 2. The first-order valence-corrected chi connectivity index (χ1v) is 4.69. The molecule has 2 aliphatic rings. The van der Waals surface area contributed by atoms with Crippen molar-refractivity contribution in [3.63, 3.8) is 0 Å². The molecule has 68 valence electrons. The Morgan fingerprint density at radius 3 is 3.14 bits per heavy atom.